The van der Waals surface area contributed by atoms with E-state index in [9.17, 15) is 0 Å². The summed E-state index contributed by atoms with van der Waals surface area (Å²) in [4.78, 5) is 8.85. The quantitative estimate of drug-likeness (QED) is 0.269. The molecule has 5 nitrogen and oxygen atoms in total. The van der Waals surface area contributed by atoms with E-state index < -0.39 is 0 Å². The van der Waals surface area contributed by atoms with Crippen LogP contribution in [0.5, 0.6) is 0 Å². The van der Waals surface area contributed by atoms with Gasteiger partial charge in [0.05, 0.1) is 0 Å². The predicted octanol–water partition coefficient (Wildman–Crippen LogP) is 4.12. The van der Waals surface area contributed by atoms with Crippen molar-refractivity contribution in [3.63, 3.8) is 0 Å². The molecule has 0 atom stereocenters. The summed E-state index contributed by atoms with van der Waals surface area (Å²) in [6, 6.07) is 17.2. The van der Waals surface area contributed by atoms with E-state index in [0.717, 1.165) is 44.3 Å². The lowest BCUT2D eigenvalue weighted by atomic mass is 10.1. The van der Waals surface area contributed by atoms with E-state index in [4.69, 9.17) is 0 Å². The molecule has 0 amide bonds. The van der Waals surface area contributed by atoms with Crippen molar-refractivity contribution < 1.29 is 0 Å². The number of hydrogen-bond acceptors (Lipinski definition) is 2. The third-order valence-electron chi connectivity index (χ3n) is 4.85. The molecule has 0 saturated carbocycles. The minimum atomic E-state index is 0. The predicted molar refractivity (Wildman–Crippen MR) is 136 cm³/mol. The van der Waals surface area contributed by atoms with Crippen LogP contribution in [0.4, 0.5) is 0 Å². The minimum Gasteiger partial charge on any atom is -0.356 e. The first-order valence-electron chi connectivity index (χ1n) is 10.2. The van der Waals surface area contributed by atoms with Gasteiger partial charge in [0.1, 0.15) is 5.82 Å². The summed E-state index contributed by atoms with van der Waals surface area (Å²) < 4.78 is 2.20. The Morgan fingerprint density at radius 2 is 1.60 bits per heavy atom. The molecule has 30 heavy (non-hydrogen) atoms. The average Bonchev–Trinajstić information content (AvgIpc) is 3.13. The summed E-state index contributed by atoms with van der Waals surface area (Å²) in [7, 11) is 1.81. The molecule has 0 bridgehead atoms. The number of nitrogens with zero attached hydrogens (tertiary/aromatic N) is 3. The van der Waals surface area contributed by atoms with Gasteiger partial charge in [0.15, 0.2) is 5.96 Å². The molecule has 2 aromatic carbocycles. The summed E-state index contributed by atoms with van der Waals surface area (Å²) in [6.07, 6.45) is 5.73. The van der Waals surface area contributed by atoms with Gasteiger partial charge in [0, 0.05) is 45.5 Å². The lowest BCUT2D eigenvalue weighted by molar-refractivity contribution is 0.693. The smallest absolute Gasteiger partial charge is 0.191 e. The van der Waals surface area contributed by atoms with E-state index in [2.05, 4.69) is 81.5 Å². The lowest BCUT2D eigenvalue weighted by Gasteiger charge is -2.13. The van der Waals surface area contributed by atoms with E-state index in [-0.39, 0.29) is 24.0 Å². The largest absolute Gasteiger partial charge is 0.356 e. The fourth-order valence-corrected chi connectivity index (χ4v) is 3.54. The van der Waals surface area contributed by atoms with E-state index in [1.54, 1.807) is 0 Å². The molecule has 3 rings (SSSR count). The number of halogens is 1. The summed E-state index contributed by atoms with van der Waals surface area (Å²) in [5.74, 6) is 1.91. The van der Waals surface area contributed by atoms with Crippen LogP contribution in [0.15, 0.2) is 65.9 Å². The maximum absolute atomic E-state index is 4.52. The fraction of sp³-hybridized carbons (Fsp3) is 0.333. The summed E-state index contributed by atoms with van der Waals surface area (Å²) >= 11 is 0. The number of aliphatic imine (C=N–C) groups is 1. The highest BCUT2D eigenvalue weighted by molar-refractivity contribution is 14.0. The van der Waals surface area contributed by atoms with Gasteiger partial charge in [-0.2, -0.15) is 0 Å². The SMILES string of the molecule is CN=C(NCCc1cc(C)cc(C)c1)NCCc1nccn1Cc1ccccc1.I. The molecule has 0 aliphatic heterocycles. The van der Waals surface area contributed by atoms with Crippen LogP contribution in [0.1, 0.15) is 28.1 Å². The van der Waals surface area contributed by atoms with E-state index in [0.29, 0.717) is 0 Å². The minimum absolute atomic E-state index is 0. The molecule has 0 saturated heterocycles. The Morgan fingerprint density at radius 3 is 2.27 bits per heavy atom. The van der Waals surface area contributed by atoms with Crippen LogP contribution in [0.2, 0.25) is 0 Å². The molecule has 0 aliphatic carbocycles. The maximum atomic E-state index is 4.52. The molecule has 2 N–H and O–H groups in total. The van der Waals surface area contributed by atoms with Crippen LogP contribution in [0.25, 0.3) is 0 Å². The normalized spacial score (nSPS) is 11.1. The zero-order chi connectivity index (χ0) is 20.5. The van der Waals surface area contributed by atoms with Crippen molar-refractivity contribution in [3.8, 4) is 0 Å². The van der Waals surface area contributed by atoms with Crippen molar-refractivity contribution in [2.45, 2.75) is 33.2 Å². The highest BCUT2D eigenvalue weighted by Crippen LogP contribution is 2.09. The zero-order valence-electron chi connectivity index (χ0n) is 18.1. The monoisotopic (exact) mass is 517 g/mol. The van der Waals surface area contributed by atoms with Crippen LogP contribution < -0.4 is 10.6 Å². The Labute approximate surface area is 197 Å². The maximum Gasteiger partial charge on any atom is 0.191 e. The first-order chi connectivity index (χ1) is 14.1. The van der Waals surface area contributed by atoms with Crippen molar-refractivity contribution in [1.29, 1.82) is 0 Å². The summed E-state index contributed by atoms with van der Waals surface area (Å²) in [5.41, 5.74) is 5.26. The van der Waals surface area contributed by atoms with Crippen molar-refractivity contribution >= 4 is 29.9 Å². The number of aromatic nitrogens is 2. The Kier molecular flexibility index (Phi) is 9.86. The van der Waals surface area contributed by atoms with Gasteiger partial charge in [-0.25, -0.2) is 4.98 Å². The fourth-order valence-electron chi connectivity index (χ4n) is 3.54. The van der Waals surface area contributed by atoms with Gasteiger partial charge < -0.3 is 15.2 Å². The number of benzene rings is 2. The molecule has 0 spiro atoms. The van der Waals surface area contributed by atoms with Gasteiger partial charge in [0.2, 0.25) is 0 Å². The van der Waals surface area contributed by atoms with Crippen molar-refractivity contribution in [3.05, 3.63) is 89.0 Å². The molecule has 0 fully saturated rings. The Balaban J connectivity index is 0.00000320. The molecule has 6 heteroatoms. The van der Waals surface area contributed by atoms with Crippen LogP contribution >= 0.6 is 24.0 Å². The van der Waals surface area contributed by atoms with Gasteiger partial charge in [-0.1, -0.05) is 59.7 Å². The van der Waals surface area contributed by atoms with Crippen LogP contribution in [-0.2, 0) is 19.4 Å². The molecule has 0 radical (unpaired) electrons. The molecule has 160 valence electrons. The second-order valence-corrected chi connectivity index (χ2v) is 7.38. The van der Waals surface area contributed by atoms with Crippen LogP contribution in [-0.4, -0.2) is 35.6 Å². The van der Waals surface area contributed by atoms with Gasteiger partial charge in [-0.15, -0.1) is 24.0 Å². The molecule has 0 unspecified atom stereocenters. The molecular weight excluding hydrogens is 485 g/mol. The lowest BCUT2D eigenvalue weighted by Crippen LogP contribution is -2.39. The van der Waals surface area contributed by atoms with Crippen molar-refractivity contribution in [2.75, 3.05) is 20.1 Å². The summed E-state index contributed by atoms with van der Waals surface area (Å²) in [5, 5.41) is 6.80. The number of aryl methyl sites for hydroxylation is 2. The highest BCUT2D eigenvalue weighted by Gasteiger charge is 2.05. The van der Waals surface area contributed by atoms with E-state index in [1.165, 1.54) is 22.3 Å². The van der Waals surface area contributed by atoms with Gasteiger partial charge in [-0.3, -0.25) is 4.99 Å². The van der Waals surface area contributed by atoms with Gasteiger partial charge >= 0.3 is 0 Å². The van der Waals surface area contributed by atoms with Crippen molar-refractivity contribution in [2.24, 2.45) is 4.99 Å². The Bertz CT molecular complexity index is 914. The van der Waals surface area contributed by atoms with Crippen LogP contribution in [0.3, 0.4) is 0 Å². The highest BCUT2D eigenvalue weighted by atomic mass is 127. The number of rotatable bonds is 8. The topological polar surface area (TPSA) is 54.2 Å². The zero-order valence-corrected chi connectivity index (χ0v) is 20.4. The van der Waals surface area contributed by atoms with Gasteiger partial charge in [-0.05, 0) is 31.4 Å². The molecule has 1 heterocycles. The number of imidazole rings is 1. The van der Waals surface area contributed by atoms with E-state index in [1.807, 2.05) is 25.5 Å². The average molecular weight is 517 g/mol. The standard InChI is InChI=1S/C24H31N5.HI/c1-19-15-20(2)17-22(16-19)9-11-27-24(25-3)28-12-10-23-26-13-14-29(23)18-21-7-5-4-6-8-21;/h4-8,13-17H,9-12,18H2,1-3H3,(H2,25,27,28);1H. The Hall–Kier alpha value is -2.35. The molecule has 1 aromatic heterocycles. The summed E-state index contributed by atoms with van der Waals surface area (Å²) in [6.45, 7) is 6.78. The molecule has 3 aromatic rings. The molecule has 0 aliphatic rings. The first kappa shape index (κ1) is 23.9. The number of guanidine groups is 1. The first-order valence-corrected chi connectivity index (χ1v) is 10.2. The van der Waals surface area contributed by atoms with E-state index >= 15 is 0 Å². The van der Waals surface area contributed by atoms with Gasteiger partial charge in [0.25, 0.3) is 0 Å². The third kappa shape index (κ3) is 7.48. The second-order valence-electron chi connectivity index (χ2n) is 7.38. The molecular formula is C24H32IN5. The Morgan fingerprint density at radius 1 is 0.933 bits per heavy atom. The second kappa shape index (κ2) is 12.4. The van der Waals surface area contributed by atoms with Crippen molar-refractivity contribution in [1.82, 2.24) is 20.2 Å². The number of hydrogen-bond donors (Lipinski definition) is 2. The number of nitrogens with one attached hydrogen (secondary N) is 2. The third-order valence-corrected chi connectivity index (χ3v) is 4.85. The van der Waals surface area contributed by atoms with Crippen LogP contribution in [0, 0.1) is 13.8 Å².